The van der Waals surface area contributed by atoms with Gasteiger partial charge in [-0.2, -0.15) is 0 Å². The third kappa shape index (κ3) is 3.02. The molecule has 4 nitrogen and oxygen atoms in total. The quantitative estimate of drug-likeness (QED) is 0.775. The first kappa shape index (κ1) is 15.8. The van der Waals surface area contributed by atoms with E-state index < -0.39 is 8.32 Å². The summed E-state index contributed by atoms with van der Waals surface area (Å²) < 4.78 is 7.09. The van der Waals surface area contributed by atoms with E-state index in [0.717, 1.165) is 4.47 Å². The summed E-state index contributed by atoms with van der Waals surface area (Å²) in [5, 5.41) is 0.0913. The number of carbonyl (C=O) groups is 1. The molecule has 0 N–H and O–H groups in total. The Balaban J connectivity index is 2.15. The van der Waals surface area contributed by atoms with Gasteiger partial charge in [0, 0.05) is 18.8 Å². The van der Waals surface area contributed by atoms with E-state index in [1.165, 1.54) is 0 Å². The number of carbonyl (C=O) groups excluding carboxylic acids is 1. The van der Waals surface area contributed by atoms with E-state index in [2.05, 4.69) is 59.8 Å². The lowest BCUT2D eigenvalue weighted by atomic mass is 9.80. The maximum Gasteiger partial charge on any atom is 0.193 e. The van der Waals surface area contributed by atoms with Gasteiger partial charge in [0.25, 0.3) is 0 Å². The van der Waals surface area contributed by atoms with Crippen molar-refractivity contribution in [3.63, 3.8) is 0 Å². The number of ketones is 1. The number of hydrogen-bond acceptors (Lipinski definition) is 4. The molecule has 1 aromatic heterocycles. The Morgan fingerprint density at radius 2 is 1.85 bits per heavy atom. The Morgan fingerprint density at radius 1 is 1.30 bits per heavy atom. The van der Waals surface area contributed by atoms with Crippen LogP contribution in [0, 0.1) is 0 Å². The highest BCUT2D eigenvalue weighted by Gasteiger charge is 2.49. The maximum atomic E-state index is 11.9. The summed E-state index contributed by atoms with van der Waals surface area (Å²) in [6.45, 7) is 10.9. The molecule has 0 radical (unpaired) electrons. The van der Waals surface area contributed by atoms with Crippen molar-refractivity contribution in [3.05, 3.63) is 22.7 Å². The number of aromatic nitrogens is 2. The van der Waals surface area contributed by atoms with Crippen LogP contribution in [0.25, 0.3) is 0 Å². The lowest BCUT2D eigenvalue weighted by Crippen LogP contribution is -2.53. The van der Waals surface area contributed by atoms with Crippen molar-refractivity contribution in [2.45, 2.75) is 57.3 Å². The summed E-state index contributed by atoms with van der Waals surface area (Å²) in [4.78, 5) is 20.5. The smallest absolute Gasteiger partial charge is 0.193 e. The van der Waals surface area contributed by atoms with Gasteiger partial charge in [0.05, 0.1) is 10.4 Å². The molecule has 1 unspecified atom stereocenters. The first-order valence-corrected chi connectivity index (χ1v) is 10.5. The summed E-state index contributed by atoms with van der Waals surface area (Å²) in [5.74, 6) is 0.882. The Morgan fingerprint density at radius 3 is 2.30 bits per heavy atom. The number of hydrogen-bond donors (Lipinski definition) is 0. The lowest BCUT2D eigenvalue weighted by molar-refractivity contribution is -0.136. The highest BCUT2D eigenvalue weighted by atomic mass is 79.9. The highest BCUT2D eigenvalue weighted by Crippen LogP contribution is 2.43. The van der Waals surface area contributed by atoms with Crippen molar-refractivity contribution in [3.8, 4) is 0 Å². The summed E-state index contributed by atoms with van der Waals surface area (Å²) in [5.41, 5.74) is 0. The van der Waals surface area contributed by atoms with Crippen LogP contribution < -0.4 is 0 Å². The van der Waals surface area contributed by atoms with Crippen molar-refractivity contribution < 1.29 is 9.22 Å². The molecule has 1 saturated carbocycles. The van der Waals surface area contributed by atoms with Crippen LogP contribution in [0.5, 0.6) is 0 Å². The van der Waals surface area contributed by atoms with Gasteiger partial charge in [0.15, 0.2) is 14.1 Å². The number of rotatable bonds is 3. The number of Topliss-reactive ketones (excluding diaryl/α,β-unsaturated/α-hetero) is 1. The van der Waals surface area contributed by atoms with Crippen molar-refractivity contribution in [1.82, 2.24) is 9.97 Å². The van der Waals surface area contributed by atoms with E-state index in [0.29, 0.717) is 12.2 Å². The minimum atomic E-state index is -1.95. The molecule has 1 fully saturated rings. The Labute approximate surface area is 129 Å². The maximum absolute atomic E-state index is 11.9. The summed E-state index contributed by atoms with van der Waals surface area (Å²) >= 11 is 3.32. The minimum Gasteiger partial charge on any atom is -0.406 e. The van der Waals surface area contributed by atoms with Crippen molar-refractivity contribution in [2.24, 2.45) is 0 Å². The van der Waals surface area contributed by atoms with E-state index in [-0.39, 0.29) is 22.8 Å². The SMILES string of the molecule is CC(C)(C)[Si](C)(C)OC1C(=O)C[C@@H]1c1ncc(Br)cn1. The molecular formula is C14H21BrN2O2Si. The molecular weight excluding hydrogens is 336 g/mol. The summed E-state index contributed by atoms with van der Waals surface area (Å²) in [7, 11) is -1.95. The van der Waals surface area contributed by atoms with Gasteiger partial charge >= 0.3 is 0 Å². The number of nitrogens with zero attached hydrogens (tertiary/aromatic N) is 2. The van der Waals surface area contributed by atoms with Crippen LogP contribution in [-0.4, -0.2) is 30.2 Å². The molecule has 0 aliphatic heterocycles. The molecule has 1 aliphatic rings. The average molecular weight is 357 g/mol. The van der Waals surface area contributed by atoms with Gasteiger partial charge in [-0.25, -0.2) is 9.97 Å². The van der Waals surface area contributed by atoms with Crippen molar-refractivity contribution >= 4 is 30.0 Å². The predicted octanol–water partition coefficient (Wildman–Crippen LogP) is 3.69. The largest absolute Gasteiger partial charge is 0.406 e. The third-order valence-electron chi connectivity index (χ3n) is 4.30. The molecule has 0 spiro atoms. The van der Waals surface area contributed by atoms with E-state index in [1.54, 1.807) is 12.4 Å². The van der Waals surface area contributed by atoms with E-state index >= 15 is 0 Å². The molecule has 20 heavy (non-hydrogen) atoms. The fourth-order valence-electron chi connectivity index (χ4n) is 1.89. The second-order valence-electron chi connectivity index (χ2n) is 6.84. The van der Waals surface area contributed by atoms with Gasteiger partial charge in [0.1, 0.15) is 11.9 Å². The Hall–Kier alpha value is -0.593. The van der Waals surface area contributed by atoms with Crippen LogP contribution in [0.2, 0.25) is 18.1 Å². The highest BCUT2D eigenvalue weighted by molar-refractivity contribution is 9.10. The van der Waals surface area contributed by atoms with Gasteiger partial charge in [-0.3, -0.25) is 4.79 Å². The minimum absolute atomic E-state index is 0.00437. The Kier molecular flexibility index (Phi) is 4.19. The normalized spacial score (nSPS) is 23.6. The molecule has 110 valence electrons. The molecule has 0 bridgehead atoms. The molecule has 0 saturated heterocycles. The van der Waals surface area contributed by atoms with E-state index in [1.807, 2.05) is 0 Å². The molecule has 6 heteroatoms. The van der Waals surface area contributed by atoms with Gasteiger partial charge in [0.2, 0.25) is 0 Å². The molecule has 1 aromatic rings. The number of halogens is 1. The zero-order chi connectivity index (χ0) is 15.1. The average Bonchev–Trinajstić information content (AvgIpc) is 2.33. The van der Waals surface area contributed by atoms with Gasteiger partial charge < -0.3 is 4.43 Å². The molecule has 1 heterocycles. The van der Waals surface area contributed by atoms with Crippen LogP contribution >= 0.6 is 15.9 Å². The summed E-state index contributed by atoms with van der Waals surface area (Å²) in [6, 6.07) is 0. The van der Waals surface area contributed by atoms with E-state index in [9.17, 15) is 4.79 Å². The third-order valence-corrected chi connectivity index (χ3v) is 9.17. The second kappa shape index (κ2) is 5.31. The summed E-state index contributed by atoms with van der Waals surface area (Å²) in [6.07, 6.45) is 3.56. The van der Waals surface area contributed by atoms with Crippen LogP contribution in [0.4, 0.5) is 0 Å². The standard InChI is InChI=1S/C14H21BrN2O2Si/c1-14(2,3)20(4,5)19-12-10(6-11(12)18)13-16-7-9(15)8-17-13/h7-8,10,12H,6H2,1-5H3/t10-,12?/m0/s1. The van der Waals surface area contributed by atoms with Gasteiger partial charge in [-0.15, -0.1) is 0 Å². The lowest BCUT2D eigenvalue weighted by Gasteiger charge is -2.44. The van der Waals surface area contributed by atoms with Crippen LogP contribution in [0.1, 0.15) is 38.9 Å². The molecule has 2 atom stereocenters. The zero-order valence-corrected chi connectivity index (χ0v) is 15.2. The molecule has 0 amide bonds. The van der Waals surface area contributed by atoms with Crippen LogP contribution in [0.15, 0.2) is 16.9 Å². The van der Waals surface area contributed by atoms with Crippen LogP contribution in [0.3, 0.4) is 0 Å². The van der Waals surface area contributed by atoms with Crippen molar-refractivity contribution in [2.75, 3.05) is 0 Å². The first-order chi connectivity index (χ1) is 9.12. The zero-order valence-electron chi connectivity index (χ0n) is 12.6. The fourth-order valence-corrected chi connectivity index (χ4v) is 3.38. The van der Waals surface area contributed by atoms with Crippen LogP contribution in [-0.2, 0) is 9.22 Å². The van der Waals surface area contributed by atoms with Crippen molar-refractivity contribution in [1.29, 1.82) is 0 Å². The monoisotopic (exact) mass is 356 g/mol. The van der Waals surface area contributed by atoms with E-state index in [4.69, 9.17) is 4.43 Å². The van der Waals surface area contributed by atoms with Gasteiger partial charge in [-0.1, -0.05) is 20.8 Å². The second-order valence-corrected chi connectivity index (χ2v) is 12.5. The fraction of sp³-hybridized carbons (Fsp3) is 0.643. The Bertz CT molecular complexity index is 511. The first-order valence-electron chi connectivity index (χ1n) is 6.80. The topological polar surface area (TPSA) is 52.1 Å². The molecule has 0 aromatic carbocycles. The predicted molar refractivity (Wildman–Crippen MR) is 84.2 cm³/mol. The van der Waals surface area contributed by atoms with Gasteiger partial charge in [-0.05, 0) is 34.1 Å². The molecule has 2 rings (SSSR count). The molecule has 1 aliphatic carbocycles.